The molecule has 0 unspecified atom stereocenters. The van der Waals surface area contributed by atoms with Gasteiger partial charge in [0, 0.05) is 24.0 Å². The van der Waals surface area contributed by atoms with Crippen LogP contribution in [-0.4, -0.2) is 42.3 Å². The molecule has 0 N–H and O–H groups in total. The van der Waals surface area contributed by atoms with Gasteiger partial charge in [0.15, 0.2) is 0 Å². The molecule has 0 bridgehead atoms. The van der Waals surface area contributed by atoms with Crippen LogP contribution in [0.25, 0.3) is 0 Å². The minimum Gasteiger partial charge on any atom is -0.433 e. The number of amides is 3. The maximum absolute atomic E-state index is 12.9. The van der Waals surface area contributed by atoms with E-state index in [1.54, 1.807) is 30.3 Å². The van der Waals surface area contributed by atoms with Gasteiger partial charge in [0.25, 0.3) is 11.8 Å². The Labute approximate surface area is 185 Å². The number of alkyl halides is 2. The predicted octanol–water partition coefficient (Wildman–Crippen LogP) is 4.41. The molecule has 0 aromatic heterocycles. The number of imide groups is 1. The molecule has 3 amide bonds. The molecule has 2 aromatic carbocycles. The number of halogens is 3. The summed E-state index contributed by atoms with van der Waals surface area (Å²) in [6.45, 7) is -2.48. The fourth-order valence-corrected chi connectivity index (χ4v) is 4.41. The molecule has 0 aliphatic carbocycles. The quantitative estimate of drug-likeness (QED) is 0.560. The van der Waals surface area contributed by atoms with Crippen molar-refractivity contribution in [3.8, 4) is 5.75 Å². The smallest absolute Gasteiger partial charge is 0.387 e. The van der Waals surface area contributed by atoms with E-state index >= 15 is 0 Å². The van der Waals surface area contributed by atoms with Crippen LogP contribution in [0.2, 0.25) is 0 Å². The maximum Gasteiger partial charge on any atom is 0.387 e. The van der Waals surface area contributed by atoms with Crippen molar-refractivity contribution < 1.29 is 27.9 Å². The Kier molecular flexibility index (Phi) is 6.04. The molecule has 0 saturated heterocycles. The maximum atomic E-state index is 12.9. The molecule has 31 heavy (non-hydrogen) atoms. The van der Waals surface area contributed by atoms with E-state index in [0.29, 0.717) is 40.7 Å². The van der Waals surface area contributed by atoms with E-state index in [1.807, 2.05) is 0 Å². The highest BCUT2D eigenvalue weighted by molar-refractivity contribution is 9.10. The first-order valence-corrected chi connectivity index (χ1v) is 10.7. The highest BCUT2D eigenvalue weighted by atomic mass is 79.9. The van der Waals surface area contributed by atoms with Gasteiger partial charge in [-0.25, -0.2) is 0 Å². The van der Waals surface area contributed by atoms with Gasteiger partial charge in [0.05, 0.1) is 16.8 Å². The number of hydrogen-bond acceptors (Lipinski definition) is 4. The molecule has 0 spiro atoms. The standard InChI is InChI=1S/C22H19BrF2N2O4/c23-14-8-9-15-16(12-14)21(30)27(20(15)29)11-3-7-18(28)26-10-2-5-13-4-1-6-17(19(13)26)31-22(24)25/h1,4,6,8-9,12,22H,2-3,5,7,10-11H2. The van der Waals surface area contributed by atoms with Crippen molar-refractivity contribution in [1.29, 1.82) is 0 Å². The summed E-state index contributed by atoms with van der Waals surface area (Å²) in [5.41, 5.74) is 1.84. The summed E-state index contributed by atoms with van der Waals surface area (Å²) in [5, 5.41) is 0. The van der Waals surface area contributed by atoms with Gasteiger partial charge in [-0.3, -0.25) is 19.3 Å². The van der Waals surface area contributed by atoms with Crippen LogP contribution < -0.4 is 9.64 Å². The van der Waals surface area contributed by atoms with Crippen LogP contribution in [0, 0.1) is 0 Å². The summed E-state index contributed by atoms with van der Waals surface area (Å²) < 4.78 is 30.9. The van der Waals surface area contributed by atoms with Crippen molar-refractivity contribution in [2.75, 3.05) is 18.0 Å². The molecule has 4 rings (SSSR count). The van der Waals surface area contributed by atoms with E-state index in [4.69, 9.17) is 0 Å². The molecule has 2 heterocycles. The van der Waals surface area contributed by atoms with E-state index in [-0.39, 0.29) is 42.9 Å². The number of nitrogens with zero attached hydrogens (tertiary/aromatic N) is 2. The molecule has 2 aromatic rings. The normalized spacial score (nSPS) is 15.4. The Bertz CT molecular complexity index is 1060. The van der Waals surface area contributed by atoms with Gasteiger partial charge < -0.3 is 9.64 Å². The Balaban J connectivity index is 1.43. The number of ether oxygens (including phenoxy) is 1. The van der Waals surface area contributed by atoms with Crippen LogP contribution in [-0.2, 0) is 11.2 Å². The van der Waals surface area contributed by atoms with Gasteiger partial charge in [-0.05, 0) is 49.1 Å². The zero-order valence-electron chi connectivity index (χ0n) is 16.4. The molecule has 2 aliphatic rings. The Hall–Kier alpha value is -2.81. The number of aryl methyl sites for hydroxylation is 1. The van der Waals surface area contributed by atoms with Crippen molar-refractivity contribution in [3.05, 3.63) is 57.6 Å². The molecule has 6 nitrogen and oxygen atoms in total. The number of hydrogen-bond donors (Lipinski definition) is 0. The van der Waals surface area contributed by atoms with Crippen molar-refractivity contribution in [1.82, 2.24) is 4.90 Å². The minimum atomic E-state index is -2.99. The average Bonchev–Trinajstić information content (AvgIpc) is 2.97. The van der Waals surface area contributed by atoms with Gasteiger partial charge in [0.1, 0.15) is 5.75 Å². The summed E-state index contributed by atoms with van der Waals surface area (Å²) in [4.78, 5) is 40.6. The second-order valence-corrected chi connectivity index (χ2v) is 8.26. The third-order valence-corrected chi connectivity index (χ3v) is 5.90. The first-order valence-electron chi connectivity index (χ1n) is 9.89. The number of fused-ring (bicyclic) bond motifs is 2. The van der Waals surface area contributed by atoms with E-state index in [1.165, 1.54) is 11.0 Å². The summed E-state index contributed by atoms with van der Waals surface area (Å²) >= 11 is 3.29. The van der Waals surface area contributed by atoms with Gasteiger partial charge in [-0.2, -0.15) is 8.78 Å². The SMILES string of the molecule is O=C1c2ccc(Br)cc2C(=O)N1CCCC(=O)N1CCCc2cccc(OC(F)F)c21. The van der Waals surface area contributed by atoms with Gasteiger partial charge in [-0.15, -0.1) is 0 Å². The number of para-hydroxylation sites is 1. The second kappa shape index (κ2) is 8.74. The molecule has 0 radical (unpaired) electrons. The fraction of sp³-hybridized carbons (Fsp3) is 0.318. The number of rotatable bonds is 6. The third kappa shape index (κ3) is 4.19. The molecule has 162 valence electrons. The monoisotopic (exact) mass is 492 g/mol. The topological polar surface area (TPSA) is 66.9 Å². The fourth-order valence-electron chi connectivity index (χ4n) is 4.05. The zero-order valence-corrected chi connectivity index (χ0v) is 18.0. The lowest BCUT2D eigenvalue weighted by atomic mass is 10.0. The minimum absolute atomic E-state index is 0.0218. The first-order chi connectivity index (χ1) is 14.9. The van der Waals surface area contributed by atoms with Crippen LogP contribution in [0.4, 0.5) is 14.5 Å². The molecular formula is C22H19BrF2N2O4. The zero-order chi connectivity index (χ0) is 22.1. The summed E-state index contributed by atoms with van der Waals surface area (Å²) in [5.74, 6) is -1.04. The van der Waals surface area contributed by atoms with Gasteiger partial charge >= 0.3 is 6.61 Å². The van der Waals surface area contributed by atoms with Crippen LogP contribution in [0.1, 0.15) is 45.5 Å². The number of carbonyl (C=O) groups excluding carboxylic acids is 3. The largest absolute Gasteiger partial charge is 0.433 e. The first kappa shape index (κ1) is 21.4. The Morgan fingerprint density at radius 3 is 2.68 bits per heavy atom. The van der Waals surface area contributed by atoms with Crippen molar-refractivity contribution in [2.24, 2.45) is 0 Å². The van der Waals surface area contributed by atoms with E-state index in [2.05, 4.69) is 20.7 Å². The summed E-state index contributed by atoms with van der Waals surface area (Å²) in [6.07, 6.45) is 1.73. The van der Waals surface area contributed by atoms with Crippen LogP contribution in [0.15, 0.2) is 40.9 Å². The van der Waals surface area contributed by atoms with E-state index < -0.39 is 6.61 Å². The highest BCUT2D eigenvalue weighted by Gasteiger charge is 2.35. The van der Waals surface area contributed by atoms with Crippen molar-refractivity contribution in [2.45, 2.75) is 32.3 Å². The lowest BCUT2D eigenvalue weighted by Crippen LogP contribution is -2.37. The molecule has 2 aliphatic heterocycles. The number of carbonyl (C=O) groups is 3. The van der Waals surface area contributed by atoms with Gasteiger partial charge in [-0.1, -0.05) is 28.1 Å². The predicted molar refractivity (Wildman–Crippen MR) is 112 cm³/mol. The lowest BCUT2D eigenvalue weighted by Gasteiger charge is -2.31. The number of benzene rings is 2. The average molecular weight is 493 g/mol. The highest BCUT2D eigenvalue weighted by Crippen LogP contribution is 2.37. The molecule has 9 heteroatoms. The summed E-state index contributed by atoms with van der Waals surface area (Å²) in [6, 6.07) is 9.75. The second-order valence-electron chi connectivity index (χ2n) is 7.35. The van der Waals surface area contributed by atoms with Crippen molar-refractivity contribution >= 4 is 39.3 Å². The van der Waals surface area contributed by atoms with Crippen LogP contribution in [0.5, 0.6) is 5.75 Å². The molecule has 0 atom stereocenters. The molecular weight excluding hydrogens is 474 g/mol. The molecule has 0 fully saturated rings. The van der Waals surface area contributed by atoms with E-state index in [0.717, 1.165) is 10.5 Å². The summed E-state index contributed by atoms with van der Waals surface area (Å²) in [7, 11) is 0. The van der Waals surface area contributed by atoms with E-state index in [9.17, 15) is 23.2 Å². The van der Waals surface area contributed by atoms with Crippen LogP contribution in [0.3, 0.4) is 0 Å². The third-order valence-electron chi connectivity index (χ3n) is 5.40. The van der Waals surface area contributed by atoms with Gasteiger partial charge in [0.2, 0.25) is 5.91 Å². The number of anilines is 1. The van der Waals surface area contributed by atoms with Crippen LogP contribution >= 0.6 is 15.9 Å². The molecule has 0 saturated carbocycles. The van der Waals surface area contributed by atoms with Crippen molar-refractivity contribution in [3.63, 3.8) is 0 Å². The lowest BCUT2D eigenvalue weighted by molar-refractivity contribution is -0.119. The Morgan fingerprint density at radius 2 is 1.90 bits per heavy atom. The Morgan fingerprint density at radius 1 is 1.13 bits per heavy atom.